The molecule has 0 radical (unpaired) electrons. The number of anilines is 1. The Hall–Kier alpha value is -1.88. The average Bonchev–Trinajstić information content (AvgIpc) is 2.96. The van der Waals surface area contributed by atoms with Crippen LogP contribution in [0.5, 0.6) is 0 Å². The molecule has 1 aromatic carbocycles. The minimum atomic E-state index is -0.396. The number of likely N-dealkylation sites (tertiary alicyclic amines) is 1. The third-order valence-electron chi connectivity index (χ3n) is 4.62. The highest BCUT2D eigenvalue weighted by Crippen LogP contribution is 2.28. The second-order valence-electron chi connectivity index (χ2n) is 6.13. The summed E-state index contributed by atoms with van der Waals surface area (Å²) in [5.74, 6) is 0.202. The number of amides is 2. The lowest BCUT2D eigenvalue weighted by atomic mass is 9.98. The number of benzene rings is 1. The molecule has 2 unspecified atom stereocenters. The predicted molar refractivity (Wildman–Crippen MR) is 83.3 cm³/mol. The molecule has 0 aromatic heterocycles. The van der Waals surface area contributed by atoms with E-state index in [0.29, 0.717) is 19.4 Å². The Bertz CT molecular complexity index is 546. The van der Waals surface area contributed by atoms with Gasteiger partial charge in [0.1, 0.15) is 6.04 Å². The lowest BCUT2D eigenvalue weighted by molar-refractivity contribution is -0.135. The van der Waals surface area contributed by atoms with Crippen molar-refractivity contribution in [1.29, 1.82) is 0 Å². The molecule has 118 valence electrons. The number of para-hydroxylation sites is 1. The Morgan fingerprint density at radius 3 is 2.73 bits per heavy atom. The molecule has 0 saturated carbocycles. The van der Waals surface area contributed by atoms with E-state index < -0.39 is 6.04 Å². The number of carbonyl (C=O) groups excluding carboxylic acids is 2. The number of piperidine rings is 1. The molecular weight excluding hydrogens is 280 g/mol. The van der Waals surface area contributed by atoms with Crippen molar-refractivity contribution in [2.75, 3.05) is 24.6 Å². The number of carbonyl (C=O) groups is 2. The molecule has 2 aliphatic rings. The first-order chi connectivity index (χ1) is 10.7. The van der Waals surface area contributed by atoms with E-state index in [2.05, 4.69) is 0 Å². The lowest BCUT2D eigenvalue weighted by Gasteiger charge is -2.35. The maximum absolute atomic E-state index is 12.8. The second-order valence-corrected chi connectivity index (χ2v) is 6.13. The Labute approximate surface area is 130 Å². The second kappa shape index (κ2) is 6.48. The van der Waals surface area contributed by atoms with Crippen molar-refractivity contribution in [1.82, 2.24) is 4.90 Å². The number of aliphatic hydroxyl groups excluding tert-OH is 1. The van der Waals surface area contributed by atoms with Gasteiger partial charge in [-0.15, -0.1) is 0 Å². The fourth-order valence-electron chi connectivity index (χ4n) is 3.46. The fourth-order valence-corrected chi connectivity index (χ4v) is 3.46. The van der Waals surface area contributed by atoms with Crippen LogP contribution in [0.4, 0.5) is 5.69 Å². The molecule has 0 spiro atoms. The summed E-state index contributed by atoms with van der Waals surface area (Å²) in [5, 5.41) is 9.33. The van der Waals surface area contributed by atoms with Crippen molar-refractivity contribution < 1.29 is 14.7 Å². The number of nitrogens with zero attached hydrogens (tertiary/aromatic N) is 2. The fraction of sp³-hybridized carbons (Fsp3) is 0.529. The van der Waals surface area contributed by atoms with Crippen LogP contribution in [-0.4, -0.2) is 47.6 Å². The maximum Gasteiger partial charge on any atom is 0.245 e. The largest absolute Gasteiger partial charge is 0.396 e. The number of rotatable bonds is 3. The molecule has 2 saturated heterocycles. The van der Waals surface area contributed by atoms with Gasteiger partial charge in [-0.2, -0.15) is 0 Å². The third kappa shape index (κ3) is 2.86. The number of hydrogen-bond donors (Lipinski definition) is 1. The van der Waals surface area contributed by atoms with E-state index in [9.17, 15) is 14.7 Å². The van der Waals surface area contributed by atoms with Crippen LogP contribution in [-0.2, 0) is 9.59 Å². The summed E-state index contributed by atoms with van der Waals surface area (Å²) in [6.45, 7) is 1.45. The summed E-state index contributed by atoms with van der Waals surface area (Å²) >= 11 is 0. The molecule has 2 amide bonds. The first kappa shape index (κ1) is 15.0. The van der Waals surface area contributed by atoms with Crippen molar-refractivity contribution in [2.45, 2.75) is 31.7 Å². The van der Waals surface area contributed by atoms with Gasteiger partial charge in [0.25, 0.3) is 0 Å². The van der Waals surface area contributed by atoms with Gasteiger partial charge in [-0.25, -0.2) is 0 Å². The molecule has 22 heavy (non-hydrogen) atoms. The van der Waals surface area contributed by atoms with Gasteiger partial charge < -0.3 is 10.0 Å². The van der Waals surface area contributed by atoms with Crippen molar-refractivity contribution in [3.63, 3.8) is 0 Å². The monoisotopic (exact) mass is 302 g/mol. The highest BCUT2D eigenvalue weighted by atomic mass is 16.3. The molecule has 5 nitrogen and oxygen atoms in total. The quantitative estimate of drug-likeness (QED) is 0.918. The Kier molecular flexibility index (Phi) is 4.43. The molecule has 0 aliphatic carbocycles. The van der Waals surface area contributed by atoms with Gasteiger partial charge in [0.2, 0.25) is 11.8 Å². The molecule has 2 heterocycles. The number of aliphatic hydroxyl groups is 1. The van der Waals surface area contributed by atoms with Crippen molar-refractivity contribution >= 4 is 17.5 Å². The molecule has 2 aliphatic heterocycles. The SMILES string of the molecule is O=C(C1CCC(=O)N1c1ccccc1)N1CCCC(CO)C1. The summed E-state index contributed by atoms with van der Waals surface area (Å²) in [6, 6.07) is 9.01. The van der Waals surface area contributed by atoms with E-state index in [1.165, 1.54) is 0 Å². The van der Waals surface area contributed by atoms with Gasteiger partial charge in [0.15, 0.2) is 0 Å². The van der Waals surface area contributed by atoms with Crippen molar-refractivity contribution in [3.8, 4) is 0 Å². The van der Waals surface area contributed by atoms with Gasteiger partial charge in [0, 0.05) is 31.8 Å². The van der Waals surface area contributed by atoms with E-state index in [4.69, 9.17) is 0 Å². The maximum atomic E-state index is 12.8. The van der Waals surface area contributed by atoms with E-state index >= 15 is 0 Å². The zero-order valence-corrected chi connectivity index (χ0v) is 12.6. The Morgan fingerprint density at radius 1 is 1.23 bits per heavy atom. The molecule has 0 bridgehead atoms. The standard InChI is InChI=1S/C17H22N2O3/c20-12-13-5-4-10-18(11-13)17(22)15-8-9-16(21)19(15)14-6-2-1-3-7-14/h1-3,6-7,13,15,20H,4-5,8-12H2. The van der Waals surface area contributed by atoms with Crippen LogP contribution in [0, 0.1) is 5.92 Å². The molecule has 5 heteroatoms. The zero-order chi connectivity index (χ0) is 15.5. The summed E-state index contributed by atoms with van der Waals surface area (Å²) in [5.41, 5.74) is 0.791. The molecule has 3 rings (SSSR count). The van der Waals surface area contributed by atoms with Crippen LogP contribution < -0.4 is 4.90 Å². The molecule has 1 N–H and O–H groups in total. The molecule has 1 aromatic rings. The molecule has 2 atom stereocenters. The van der Waals surface area contributed by atoms with Crippen LogP contribution in [0.2, 0.25) is 0 Å². The van der Waals surface area contributed by atoms with E-state index in [1.807, 2.05) is 35.2 Å². The van der Waals surface area contributed by atoms with Crippen molar-refractivity contribution in [3.05, 3.63) is 30.3 Å². The topological polar surface area (TPSA) is 60.9 Å². The van der Waals surface area contributed by atoms with Gasteiger partial charge >= 0.3 is 0 Å². The highest BCUT2D eigenvalue weighted by Gasteiger charge is 2.39. The third-order valence-corrected chi connectivity index (χ3v) is 4.62. The van der Waals surface area contributed by atoms with Gasteiger partial charge in [-0.05, 0) is 37.3 Å². The number of hydrogen-bond acceptors (Lipinski definition) is 3. The first-order valence-electron chi connectivity index (χ1n) is 7.97. The zero-order valence-electron chi connectivity index (χ0n) is 12.6. The van der Waals surface area contributed by atoms with Crippen LogP contribution in [0.15, 0.2) is 30.3 Å². The van der Waals surface area contributed by atoms with E-state index in [0.717, 1.165) is 25.1 Å². The molecule has 2 fully saturated rings. The van der Waals surface area contributed by atoms with Gasteiger partial charge in [-0.1, -0.05) is 18.2 Å². The van der Waals surface area contributed by atoms with Crippen LogP contribution in [0.3, 0.4) is 0 Å². The van der Waals surface area contributed by atoms with Gasteiger partial charge in [-0.3, -0.25) is 14.5 Å². The van der Waals surface area contributed by atoms with Crippen LogP contribution in [0.1, 0.15) is 25.7 Å². The molecular formula is C17H22N2O3. The highest BCUT2D eigenvalue weighted by molar-refractivity contribution is 6.03. The lowest BCUT2D eigenvalue weighted by Crippen LogP contribution is -2.50. The Balaban J connectivity index is 1.77. The van der Waals surface area contributed by atoms with E-state index in [-0.39, 0.29) is 24.3 Å². The van der Waals surface area contributed by atoms with Crippen molar-refractivity contribution in [2.24, 2.45) is 5.92 Å². The first-order valence-corrected chi connectivity index (χ1v) is 7.97. The normalized spacial score (nSPS) is 25.6. The summed E-state index contributed by atoms with van der Waals surface area (Å²) in [4.78, 5) is 28.5. The summed E-state index contributed by atoms with van der Waals surface area (Å²) < 4.78 is 0. The van der Waals surface area contributed by atoms with Crippen LogP contribution >= 0.6 is 0 Å². The van der Waals surface area contributed by atoms with E-state index in [1.54, 1.807) is 4.90 Å². The summed E-state index contributed by atoms with van der Waals surface area (Å²) in [6.07, 6.45) is 2.88. The Morgan fingerprint density at radius 2 is 2.00 bits per heavy atom. The average molecular weight is 302 g/mol. The predicted octanol–water partition coefficient (Wildman–Crippen LogP) is 1.41. The van der Waals surface area contributed by atoms with Gasteiger partial charge in [0.05, 0.1) is 0 Å². The summed E-state index contributed by atoms with van der Waals surface area (Å²) in [7, 11) is 0. The minimum absolute atomic E-state index is 0.0141. The van der Waals surface area contributed by atoms with Crippen LogP contribution in [0.25, 0.3) is 0 Å². The smallest absolute Gasteiger partial charge is 0.245 e. The minimum Gasteiger partial charge on any atom is -0.396 e.